The number of aromatic nitrogens is 2. The highest BCUT2D eigenvalue weighted by Crippen LogP contribution is 2.10. The number of hydrogen-bond donors (Lipinski definition) is 2. The lowest BCUT2D eigenvalue weighted by atomic mass is 10.1. The van der Waals surface area contributed by atoms with E-state index in [-0.39, 0.29) is 11.1 Å². The summed E-state index contributed by atoms with van der Waals surface area (Å²) in [4.78, 5) is 4.11. The van der Waals surface area contributed by atoms with Crippen molar-refractivity contribution in [1.82, 2.24) is 19.6 Å². The van der Waals surface area contributed by atoms with Crippen LogP contribution in [0.1, 0.15) is 32.0 Å². The molecule has 0 aliphatic carbocycles. The molecule has 7 heteroatoms. The molecule has 1 aromatic heterocycles. The van der Waals surface area contributed by atoms with Crippen LogP contribution < -0.4 is 10.0 Å². The lowest BCUT2D eigenvalue weighted by molar-refractivity contribution is 0.398. The van der Waals surface area contributed by atoms with E-state index in [1.807, 2.05) is 18.4 Å². The fourth-order valence-electron chi connectivity index (χ4n) is 2.31. The zero-order valence-electron chi connectivity index (χ0n) is 11.5. The maximum absolute atomic E-state index is 12.1. The number of nitrogens with one attached hydrogen (secondary N) is 2. The second-order valence-electron chi connectivity index (χ2n) is 4.91. The van der Waals surface area contributed by atoms with Gasteiger partial charge in [0.05, 0.1) is 0 Å². The molecule has 0 amide bonds. The highest BCUT2D eigenvalue weighted by molar-refractivity contribution is 7.89. The predicted octanol–water partition coefficient (Wildman–Crippen LogP) is 0.632. The molecule has 1 aliphatic heterocycles. The molecule has 0 saturated carbocycles. The first-order valence-corrected chi connectivity index (χ1v) is 8.28. The van der Waals surface area contributed by atoms with E-state index >= 15 is 0 Å². The van der Waals surface area contributed by atoms with Crippen LogP contribution in [-0.2, 0) is 16.6 Å². The van der Waals surface area contributed by atoms with Gasteiger partial charge in [-0.3, -0.25) is 0 Å². The third-order valence-corrected chi connectivity index (χ3v) is 4.80. The van der Waals surface area contributed by atoms with Crippen molar-refractivity contribution in [2.24, 2.45) is 0 Å². The van der Waals surface area contributed by atoms with Crippen molar-refractivity contribution in [3.63, 3.8) is 0 Å². The maximum atomic E-state index is 12.1. The Morgan fingerprint density at radius 2 is 2.32 bits per heavy atom. The minimum Gasteiger partial charge on any atom is -0.334 e. The van der Waals surface area contributed by atoms with E-state index in [1.165, 1.54) is 6.42 Å². The van der Waals surface area contributed by atoms with E-state index in [1.54, 1.807) is 6.20 Å². The lowest BCUT2D eigenvalue weighted by Crippen LogP contribution is -2.43. The standard InChI is InChI=1S/C12H22N4O2S/c1-3-16-9-12(15-10(16)2)19(17,18)14-8-11-6-4-5-7-13-11/h9,11,13-14H,3-8H2,1-2H3. The Bertz CT molecular complexity index is 518. The van der Waals surface area contributed by atoms with Crippen molar-refractivity contribution in [3.05, 3.63) is 12.0 Å². The van der Waals surface area contributed by atoms with Crippen molar-refractivity contribution in [3.8, 4) is 0 Å². The maximum Gasteiger partial charge on any atom is 0.259 e. The third kappa shape index (κ3) is 3.55. The molecule has 1 aromatic rings. The summed E-state index contributed by atoms with van der Waals surface area (Å²) in [5, 5.41) is 3.43. The average Bonchev–Trinajstić information content (AvgIpc) is 2.80. The Morgan fingerprint density at radius 1 is 1.53 bits per heavy atom. The molecule has 0 aromatic carbocycles. The molecule has 0 spiro atoms. The zero-order valence-corrected chi connectivity index (χ0v) is 12.3. The van der Waals surface area contributed by atoms with Crippen molar-refractivity contribution in [2.45, 2.75) is 50.7 Å². The average molecular weight is 286 g/mol. The van der Waals surface area contributed by atoms with E-state index < -0.39 is 10.0 Å². The SMILES string of the molecule is CCn1cc(S(=O)(=O)NCC2CCCCN2)nc1C. The van der Waals surface area contributed by atoms with Gasteiger partial charge in [-0.2, -0.15) is 0 Å². The summed E-state index contributed by atoms with van der Waals surface area (Å²) in [6.07, 6.45) is 4.93. The second-order valence-corrected chi connectivity index (χ2v) is 6.62. The minimum atomic E-state index is -3.49. The summed E-state index contributed by atoms with van der Waals surface area (Å²) >= 11 is 0. The molecule has 1 unspecified atom stereocenters. The topological polar surface area (TPSA) is 76.0 Å². The molecule has 2 rings (SSSR count). The number of piperidine rings is 1. The molecule has 0 radical (unpaired) electrons. The van der Waals surface area contributed by atoms with Crippen LogP contribution in [0.15, 0.2) is 11.2 Å². The summed E-state index contributed by atoms with van der Waals surface area (Å²) < 4.78 is 28.8. The van der Waals surface area contributed by atoms with Gasteiger partial charge in [0, 0.05) is 25.3 Å². The van der Waals surface area contributed by atoms with Crippen LogP contribution in [0.25, 0.3) is 0 Å². The van der Waals surface area contributed by atoms with Gasteiger partial charge in [0.1, 0.15) is 5.82 Å². The number of hydrogen-bond acceptors (Lipinski definition) is 4. The van der Waals surface area contributed by atoms with Crippen LogP contribution in [0.4, 0.5) is 0 Å². The summed E-state index contributed by atoms with van der Waals surface area (Å²) in [5.41, 5.74) is 0. The molecule has 2 heterocycles. The first-order chi connectivity index (χ1) is 9.03. The first kappa shape index (κ1) is 14.5. The summed E-state index contributed by atoms with van der Waals surface area (Å²) in [6.45, 7) is 5.89. The highest BCUT2D eigenvalue weighted by Gasteiger charge is 2.21. The van der Waals surface area contributed by atoms with E-state index in [9.17, 15) is 8.42 Å². The van der Waals surface area contributed by atoms with Crippen LogP contribution in [0.2, 0.25) is 0 Å². The Kier molecular flexibility index (Phi) is 4.59. The van der Waals surface area contributed by atoms with E-state index in [0.29, 0.717) is 6.54 Å². The first-order valence-electron chi connectivity index (χ1n) is 6.79. The van der Waals surface area contributed by atoms with Gasteiger partial charge in [-0.1, -0.05) is 6.42 Å². The molecule has 1 saturated heterocycles. The van der Waals surface area contributed by atoms with Gasteiger partial charge >= 0.3 is 0 Å². The molecule has 108 valence electrons. The van der Waals surface area contributed by atoms with Crippen molar-refractivity contribution in [1.29, 1.82) is 0 Å². The van der Waals surface area contributed by atoms with E-state index in [4.69, 9.17) is 0 Å². The van der Waals surface area contributed by atoms with Gasteiger partial charge in [0.25, 0.3) is 10.0 Å². The smallest absolute Gasteiger partial charge is 0.259 e. The Morgan fingerprint density at radius 3 is 2.89 bits per heavy atom. The number of imidazole rings is 1. The van der Waals surface area contributed by atoms with Crippen LogP contribution in [0.3, 0.4) is 0 Å². The van der Waals surface area contributed by atoms with Crippen LogP contribution >= 0.6 is 0 Å². The van der Waals surface area contributed by atoms with Crippen molar-refractivity contribution in [2.75, 3.05) is 13.1 Å². The fraction of sp³-hybridized carbons (Fsp3) is 0.750. The molecular weight excluding hydrogens is 264 g/mol. The molecule has 1 fully saturated rings. The monoisotopic (exact) mass is 286 g/mol. The summed E-state index contributed by atoms with van der Waals surface area (Å²) in [7, 11) is -3.49. The summed E-state index contributed by atoms with van der Waals surface area (Å²) in [6, 6.07) is 0.234. The molecule has 2 N–H and O–H groups in total. The predicted molar refractivity (Wildman–Crippen MR) is 73.5 cm³/mol. The van der Waals surface area contributed by atoms with E-state index in [2.05, 4.69) is 15.0 Å². The number of sulfonamides is 1. The normalized spacial score (nSPS) is 20.6. The fourth-order valence-corrected chi connectivity index (χ4v) is 3.40. The lowest BCUT2D eigenvalue weighted by Gasteiger charge is -2.23. The van der Waals surface area contributed by atoms with E-state index in [0.717, 1.165) is 31.8 Å². The zero-order chi connectivity index (χ0) is 13.9. The Balaban J connectivity index is 2.00. The Hall–Kier alpha value is -0.920. The molecular formula is C12H22N4O2S. The summed E-state index contributed by atoms with van der Waals surface area (Å²) in [5.74, 6) is 0.721. The molecule has 1 aliphatic rings. The molecule has 6 nitrogen and oxygen atoms in total. The van der Waals surface area contributed by atoms with Crippen LogP contribution in [-0.4, -0.2) is 37.1 Å². The Labute approximate surface area is 114 Å². The van der Waals surface area contributed by atoms with Crippen LogP contribution in [0, 0.1) is 6.92 Å². The second kappa shape index (κ2) is 6.02. The van der Waals surface area contributed by atoms with Gasteiger partial charge in [-0.25, -0.2) is 18.1 Å². The van der Waals surface area contributed by atoms with Gasteiger partial charge in [0.15, 0.2) is 5.03 Å². The van der Waals surface area contributed by atoms with Crippen LogP contribution in [0.5, 0.6) is 0 Å². The quantitative estimate of drug-likeness (QED) is 0.832. The molecule has 19 heavy (non-hydrogen) atoms. The van der Waals surface area contributed by atoms with Gasteiger partial charge in [0.2, 0.25) is 0 Å². The number of rotatable bonds is 5. The third-order valence-electron chi connectivity index (χ3n) is 3.50. The van der Waals surface area contributed by atoms with Gasteiger partial charge in [-0.05, 0) is 33.2 Å². The molecule has 1 atom stereocenters. The van der Waals surface area contributed by atoms with Gasteiger partial charge in [-0.15, -0.1) is 0 Å². The van der Waals surface area contributed by atoms with Crippen molar-refractivity contribution < 1.29 is 8.42 Å². The number of nitrogens with zero attached hydrogens (tertiary/aromatic N) is 2. The minimum absolute atomic E-state index is 0.114. The highest BCUT2D eigenvalue weighted by atomic mass is 32.2. The number of aryl methyl sites for hydroxylation is 2. The van der Waals surface area contributed by atoms with Crippen molar-refractivity contribution >= 4 is 10.0 Å². The van der Waals surface area contributed by atoms with Gasteiger partial charge < -0.3 is 9.88 Å². The molecule has 0 bridgehead atoms. The largest absolute Gasteiger partial charge is 0.334 e.